The van der Waals surface area contributed by atoms with Crippen LogP contribution in [0.15, 0.2) is 121 Å². The molecule has 4 nitrogen and oxygen atoms in total. The van der Waals surface area contributed by atoms with E-state index in [1.165, 1.54) is 12.1 Å². The van der Waals surface area contributed by atoms with Crippen LogP contribution in [0.3, 0.4) is 0 Å². The van der Waals surface area contributed by atoms with Gasteiger partial charge in [0, 0.05) is 11.1 Å². The smallest absolute Gasteiger partial charge is 0.336 e. The quantitative estimate of drug-likeness (QED) is 0.228. The zero-order valence-corrected chi connectivity index (χ0v) is 21.3. The van der Waals surface area contributed by atoms with E-state index in [-0.39, 0.29) is 11.1 Å². The Morgan fingerprint density at radius 1 is 0.375 bits per heavy atom. The number of hydrogen-bond donors (Lipinski definition) is 2. The SMILES string of the molecule is O=C(O)c1ccc(C(=O)O)c(-c2c3ccccc3cc3ccccc23)c1-c1c2ccccc2cc2ccccc12. The van der Waals surface area contributed by atoms with Gasteiger partial charge in [0.25, 0.3) is 0 Å². The molecule has 0 aliphatic heterocycles. The Hall–Kier alpha value is -5.48. The molecule has 4 heteroatoms. The number of fused-ring (bicyclic) bond motifs is 4. The van der Waals surface area contributed by atoms with Crippen LogP contribution in [-0.4, -0.2) is 22.2 Å². The van der Waals surface area contributed by atoms with Gasteiger partial charge in [-0.25, -0.2) is 9.59 Å². The molecule has 0 atom stereocenters. The van der Waals surface area contributed by atoms with Crippen LogP contribution in [0, 0.1) is 0 Å². The number of benzene rings is 7. The van der Waals surface area contributed by atoms with Crippen molar-refractivity contribution in [3.63, 3.8) is 0 Å². The van der Waals surface area contributed by atoms with Crippen molar-refractivity contribution < 1.29 is 19.8 Å². The molecule has 0 aliphatic carbocycles. The predicted octanol–water partition coefficient (Wildman–Crippen LogP) is 9.03. The van der Waals surface area contributed by atoms with Gasteiger partial charge in [0.15, 0.2) is 0 Å². The lowest BCUT2D eigenvalue weighted by atomic mass is 9.80. The third-order valence-corrected chi connectivity index (χ3v) is 7.71. The van der Waals surface area contributed by atoms with Crippen molar-refractivity contribution in [3.8, 4) is 22.3 Å². The standard InChI is InChI=1S/C36H22O4/c37-35(38)29-17-18-30(36(39)40)34(32-27-15-7-3-11-23(27)20-24-12-4-8-16-28(24)32)33(29)31-25-13-5-1-9-21(25)19-22-10-2-6-14-26(22)31/h1-20H,(H,37,38)(H,39,40). The molecule has 0 fully saturated rings. The monoisotopic (exact) mass is 518 g/mol. The number of hydrogen-bond acceptors (Lipinski definition) is 2. The molecule has 0 heterocycles. The molecule has 190 valence electrons. The van der Waals surface area contributed by atoms with Crippen LogP contribution in [0.2, 0.25) is 0 Å². The number of carbonyl (C=O) groups is 2. The summed E-state index contributed by atoms with van der Waals surface area (Å²) < 4.78 is 0. The van der Waals surface area contributed by atoms with Gasteiger partial charge in [0.1, 0.15) is 0 Å². The molecule has 0 amide bonds. The minimum Gasteiger partial charge on any atom is -0.478 e. The maximum absolute atomic E-state index is 12.9. The Morgan fingerprint density at radius 3 is 0.925 bits per heavy atom. The summed E-state index contributed by atoms with van der Waals surface area (Å²) in [5.74, 6) is -2.23. The lowest BCUT2D eigenvalue weighted by Crippen LogP contribution is -2.08. The van der Waals surface area contributed by atoms with Crippen molar-refractivity contribution in [1.82, 2.24) is 0 Å². The molecule has 0 spiro atoms. The van der Waals surface area contributed by atoms with Crippen LogP contribution in [0.1, 0.15) is 20.7 Å². The summed E-state index contributed by atoms with van der Waals surface area (Å²) in [6.07, 6.45) is 0. The van der Waals surface area contributed by atoms with Crippen molar-refractivity contribution in [2.45, 2.75) is 0 Å². The Morgan fingerprint density at radius 2 is 0.650 bits per heavy atom. The Labute approximate surface area is 229 Å². The molecule has 0 unspecified atom stereocenters. The van der Waals surface area contributed by atoms with Crippen molar-refractivity contribution in [1.29, 1.82) is 0 Å². The summed E-state index contributed by atoms with van der Waals surface area (Å²) in [4.78, 5) is 25.8. The number of rotatable bonds is 4. The normalized spacial score (nSPS) is 11.4. The topological polar surface area (TPSA) is 74.6 Å². The molecule has 7 aromatic carbocycles. The van der Waals surface area contributed by atoms with E-state index in [1.807, 2.05) is 97.1 Å². The van der Waals surface area contributed by atoms with E-state index < -0.39 is 11.9 Å². The zero-order chi connectivity index (χ0) is 27.4. The van der Waals surface area contributed by atoms with Gasteiger partial charge in [-0.2, -0.15) is 0 Å². The number of carboxylic acids is 2. The van der Waals surface area contributed by atoms with Gasteiger partial charge in [0.05, 0.1) is 11.1 Å². The molecule has 0 aliphatic rings. The van der Waals surface area contributed by atoms with Crippen LogP contribution < -0.4 is 0 Å². The van der Waals surface area contributed by atoms with Gasteiger partial charge in [-0.05, 0) is 78.5 Å². The van der Waals surface area contributed by atoms with Gasteiger partial charge in [-0.15, -0.1) is 0 Å². The summed E-state index contributed by atoms with van der Waals surface area (Å²) in [5.41, 5.74) is 2.34. The van der Waals surface area contributed by atoms with Gasteiger partial charge < -0.3 is 10.2 Å². The van der Waals surface area contributed by atoms with Crippen molar-refractivity contribution in [2.75, 3.05) is 0 Å². The predicted molar refractivity (Wildman–Crippen MR) is 161 cm³/mol. The maximum atomic E-state index is 12.9. The average Bonchev–Trinajstić information content (AvgIpc) is 2.98. The second-order valence-corrected chi connectivity index (χ2v) is 9.91. The Balaban J connectivity index is 1.81. The molecule has 0 saturated heterocycles. The van der Waals surface area contributed by atoms with Crippen molar-refractivity contribution in [3.05, 3.63) is 132 Å². The highest BCUT2D eigenvalue weighted by Crippen LogP contribution is 2.48. The van der Waals surface area contributed by atoms with E-state index >= 15 is 0 Å². The molecular weight excluding hydrogens is 496 g/mol. The van der Waals surface area contributed by atoms with Crippen LogP contribution in [-0.2, 0) is 0 Å². The first-order valence-electron chi connectivity index (χ1n) is 13.0. The van der Waals surface area contributed by atoms with Gasteiger partial charge in [0.2, 0.25) is 0 Å². The lowest BCUT2D eigenvalue weighted by Gasteiger charge is -2.22. The third kappa shape index (κ3) is 3.54. The van der Waals surface area contributed by atoms with E-state index in [0.717, 1.165) is 43.1 Å². The molecule has 0 aromatic heterocycles. The summed E-state index contributed by atoms with van der Waals surface area (Å²) in [7, 11) is 0. The largest absolute Gasteiger partial charge is 0.478 e. The fraction of sp³-hybridized carbons (Fsp3) is 0. The first-order valence-corrected chi connectivity index (χ1v) is 13.0. The molecule has 7 aromatic rings. The minimum absolute atomic E-state index is 0.0542. The molecule has 40 heavy (non-hydrogen) atoms. The Bertz CT molecular complexity index is 1910. The highest BCUT2D eigenvalue weighted by Gasteiger charge is 2.28. The van der Waals surface area contributed by atoms with Crippen LogP contribution in [0.5, 0.6) is 0 Å². The number of carboxylic acid groups (broad SMARTS) is 2. The average molecular weight is 519 g/mol. The molecular formula is C36H22O4. The van der Waals surface area contributed by atoms with Crippen molar-refractivity contribution in [2.24, 2.45) is 0 Å². The second-order valence-electron chi connectivity index (χ2n) is 9.91. The summed E-state index contributed by atoms with van der Waals surface area (Å²) in [5, 5.41) is 28.3. The molecule has 0 radical (unpaired) electrons. The van der Waals surface area contributed by atoms with Crippen LogP contribution in [0.25, 0.3) is 65.3 Å². The molecule has 2 N–H and O–H groups in total. The highest BCUT2D eigenvalue weighted by molar-refractivity contribution is 6.24. The highest BCUT2D eigenvalue weighted by atomic mass is 16.4. The van der Waals surface area contributed by atoms with E-state index in [4.69, 9.17) is 0 Å². The van der Waals surface area contributed by atoms with E-state index in [0.29, 0.717) is 22.3 Å². The fourth-order valence-corrected chi connectivity index (χ4v) is 6.04. The van der Waals surface area contributed by atoms with Crippen LogP contribution in [0.4, 0.5) is 0 Å². The van der Waals surface area contributed by atoms with E-state index in [2.05, 4.69) is 12.1 Å². The first kappa shape index (κ1) is 23.6. The summed E-state index contributed by atoms with van der Waals surface area (Å²) in [6, 6.07) is 38.4. The number of aromatic carboxylic acids is 2. The summed E-state index contributed by atoms with van der Waals surface area (Å²) in [6.45, 7) is 0. The third-order valence-electron chi connectivity index (χ3n) is 7.71. The fourth-order valence-electron chi connectivity index (χ4n) is 6.04. The van der Waals surface area contributed by atoms with Gasteiger partial charge in [-0.1, -0.05) is 97.1 Å². The van der Waals surface area contributed by atoms with Crippen molar-refractivity contribution >= 4 is 55.0 Å². The zero-order valence-electron chi connectivity index (χ0n) is 21.3. The van der Waals surface area contributed by atoms with E-state index in [1.54, 1.807) is 0 Å². The summed E-state index contributed by atoms with van der Waals surface area (Å²) >= 11 is 0. The van der Waals surface area contributed by atoms with Crippen LogP contribution >= 0.6 is 0 Å². The van der Waals surface area contributed by atoms with E-state index in [9.17, 15) is 19.8 Å². The Kier molecular flexibility index (Phi) is 5.36. The minimum atomic E-state index is -1.12. The van der Waals surface area contributed by atoms with Gasteiger partial charge in [-0.3, -0.25) is 0 Å². The molecule has 7 rings (SSSR count). The maximum Gasteiger partial charge on any atom is 0.336 e. The molecule has 0 saturated carbocycles. The molecule has 0 bridgehead atoms. The van der Waals surface area contributed by atoms with Gasteiger partial charge >= 0.3 is 11.9 Å². The second kappa shape index (κ2) is 9.07. The lowest BCUT2D eigenvalue weighted by molar-refractivity contribution is 0.0682. The first-order chi connectivity index (χ1) is 19.5.